The number of pyridine rings is 1. The van der Waals surface area contributed by atoms with Crippen molar-refractivity contribution in [2.75, 3.05) is 24.3 Å². The second-order valence-electron chi connectivity index (χ2n) is 7.50. The van der Waals surface area contributed by atoms with Gasteiger partial charge in [-0.05, 0) is 36.1 Å². The molecule has 2 rings (SSSR count). The van der Waals surface area contributed by atoms with Gasteiger partial charge in [-0.15, -0.1) is 0 Å². The van der Waals surface area contributed by atoms with Crippen molar-refractivity contribution in [3.63, 3.8) is 0 Å². The molecule has 8 heteroatoms. The van der Waals surface area contributed by atoms with Crippen LogP contribution in [-0.2, 0) is 4.84 Å². The van der Waals surface area contributed by atoms with Gasteiger partial charge in [-0.1, -0.05) is 26.8 Å². The minimum absolute atomic E-state index is 0.0463. The number of anilines is 3. The molecule has 1 amide bonds. The van der Waals surface area contributed by atoms with Crippen molar-refractivity contribution < 1.29 is 14.0 Å². The Balaban J connectivity index is 2.38. The zero-order valence-corrected chi connectivity index (χ0v) is 16.6. The number of benzene rings is 1. The number of halogens is 1. The minimum atomic E-state index is -0.592. The highest BCUT2D eigenvalue weighted by molar-refractivity contribution is 5.95. The lowest BCUT2D eigenvalue weighted by Crippen LogP contribution is -2.21. The van der Waals surface area contributed by atoms with Gasteiger partial charge in [0.1, 0.15) is 5.82 Å². The molecule has 1 aromatic carbocycles. The summed E-state index contributed by atoms with van der Waals surface area (Å²) in [5.74, 6) is -0.725. The number of nitrogens with zero attached hydrogens (tertiary/aromatic N) is 2. The molecule has 0 fully saturated rings. The van der Waals surface area contributed by atoms with Crippen LogP contribution in [0.5, 0.6) is 0 Å². The normalized spacial score (nSPS) is 10.9. The SMILES string of the molecule is [C-]#[N+]c1cc(F)c(NCC(C)(C)C)nc1Nc1cc(C(=O)NOC)ccc1C. The Hall–Kier alpha value is -3.18. The number of carbonyl (C=O) groups is 1. The summed E-state index contributed by atoms with van der Waals surface area (Å²) in [6.07, 6.45) is 0. The fourth-order valence-corrected chi connectivity index (χ4v) is 2.31. The Kier molecular flexibility index (Phi) is 6.54. The zero-order chi connectivity index (χ0) is 20.9. The van der Waals surface area contributed by atoms with Crippen LogP contribution in [0.2, 0.25) is 0 Å². The molecule has 0 radical (unpaired) electrons. The molecule has 1 heterocycles. The minimum Gasteiger partial charge on any atom is -0.367 e. The second-order valence-corrected chi connectivity index (χ2v) is 7.50. The first kappa shape index (κ1) is 21.1. The lowest BCUT2D eigenvalue weighted by atomic mass is 9.97. The van der Waals surface area contributed by atoms with E-state index in [1.807, 2.05) is 27.7 Å². The number of rotatable bonds is 6. The summed E-state index contributed by atoms with van der Waals surface area (Å²) in [5, 5.41) is 6.02. The molecule has 0 bridgehead atoms. The number of nitrogens with one attached hydrogen (secondary N) is 3. The lowest BCUT2D eigenvalue weighted by molar-refractivity contribution is 0.0537. The van der Waals surface area contributed by atoms with Gasteiger partial charge < -0.3 is 10.6 Å². The van der Waals surface area contributed by atoms with Crippen LogP contribution in [0.25, 0.3) is 4.85 Å². The fourth-order valence-electron chi connectivity index (χ4n) is 2.31. The highest BCUT2D eigenvalue weighted by atomic mass is 19.1. The number of carbonyl (C=O) groups excluding carboxylic acids is 1. The predicted octanol–water partition coefficient (Wildman–Crippen LogP) is 4.57. The smallest absolute Gasteiger partial charge is 0.274 e. The average Bonchev–Trinajstić information content (AvgIpc) is 2.62. The molecular weight excluding hydrogens is 361 g/mol. The van der Waals surface area contributed by atoms with Gasteiger partial charge in [0.25, 0.3) is 5.91 Å². The van der Waals surface area contributed by atoms with Crippen LogP contribution < -0.4 is 16.1 Å². The molecule has 7 nitrogen and oxygen atoms in total. The van der Waals surface area contributed by atoms with E-state index in [2.05, 4.69) is 30.8 Å². The molecule has 148 valence electrons. The highest BCUT2D eigenvalue weighted by Crippen LogP contribution is 2.32. The summed E-state index contributed by atoms with van der Waals surface area (Å²) < 4.78 is 14.3. The number of amides is 1. The maximum absolute atomic E-state index is 14.3. The van der Waals surface area contributed by atoms with Crippen molar-refractivity contribution in [3.05, 3.63) is 52.6 Å². The molecule has 0 spiro atoms. The Morgan fingerprint density at radius 2 is 2.00 bits per heavy atom. The molecule has 0 aliphatic carbocycles. The van der Waals surface area contributed by atoms with Gasteiger partial charge in [0.05, 0.1) is 13.7 Å². The van der Waals surface area contributed by atoms with E-state index in [0.717, 1.165) is 11.6 Å². The van der Waals surface area contributed by atoms with E-state index in [9.17, 15) is 9.18 Å². The second kappa shape index (κ2) is 8.67. The number of aryl methyl sites for hydroxylation is 1. The third-order valence-electron chi connectivity index (χ3n) is 3.81. The topological polar surface area (TPSA) is 79.6 Å². The number of hydrogen-bond donors (Lipinski definition) is 3. The molecule has 3 N–H and O–H groups in total. The van der Waals surface area contributed by atoms with Gasteiger partial charge in [-0.25, -0.2) is 19.7 Å². The van der Waals surface area contributed by atoms with Crippen LogP contribution in [0.4, 0.5) is 27.4 Å². The Morgan fingerprint density at radius 1 is 1.29 bits per heavy atom. The first-order valence-electron chi connectivity index (χ1n) is 8.67. The van der Waals surface area contributed by atoms with Gasteiger partial charge in [0.2, 0.25) is 5.69 Å². The van der Waals surface area contributed by atoms with Crippen LogP contribution in [0.15, 0.2) is 24.3 Å². The largest absolute Gasteiger partial charge is 0.367 e. The van der Waals surface area contributed by atoms with Gasteiger partial charge in [-0.3, -0.25) is 9.63 Å². The zero-order valence-electron chi connectivity index (χ0n) is 16.6. The van der Waals surface area contributed by atoms with E-state index < -0.39 is 11.7 Å². The number of hydroxylamine groups is 1. The van der Waals surface area contributed by atoms with Crippen LogP contribution in [-0.4, -0.2) is 24.5 Å². The molecule has 0 saturated heterocycles. The molecule has 2 aromatic rings. The van der Waals surface area contributed by atoms with Crippen LogP contribution in [0.3, 0.4) is 0 Å². The highest BCUT2D eigenvalue weighted by Gasteiger charge is 2.16. The Bertz CT molecular complexity index is 916. The molecule has 0 saturated carbocycles. The average molecular weight is 385 g/mol. The van der Waals surface area contributed by atoms with Crippen molar-refractivity contribution in [2.24, 2.45) is 5.41 Å². The molecule has 0 atom stereocenters. The molecule has 0 aliphatic heterocycles. The van der Waals surface area contributed by atoms with Gasteiger partial charge >= 0.3 is 0 Å². The van der Waals surface area contributed by atoms with Crippen molar-refractivity contribution >= 4 is 28.9 Å². The fraction of sp³-hybridized carbons (Fsp3) is 0.350. The maximum Gasteiger partial charge on any atom is 0.274 e. The van der Waals surface area contributed by atoms with Crippen LogP contribution in [0.1, 0.15) is 36.7 Å². The first-order chi connectivity index (χ1) is 13.1. The molecule has 1 aromatic heterocycles. The predicted molar refractivity (Wildman–Crippen MR) is 107 cm³/mol. The van der Waals surface area contributed by atoms with Gasteiger partial charge in [0, 0.05) is 17.8 Å². The monoisotopic (exact) mass is 385 g/mol. The third kappa shape index (κ3) is 5.41. The molecule has 0 aliphatic rings. The van der Waals surface area contributed by atoms with E-state index >= 15 is 0 Å². The van der Waals surface area contributed by atoms with Crippen molar-refractivity contribution in [3.8, 4) is 0 Å². The number of hydrogen-bond acceptors (Lipinski definition) is 5. The van der Waals surface area contributed by atoms with Crippen molar-refractivity contribution in [2.45, 2.75) is 27.7 Å². The quantitative estimate of drug-likeness (QED) is 0.501. The van der Waals surface area contributed by atoms with Crippen LogP contribution in [0, 0.1) is 24.7 Å². The van der Waals surface area contributed by atoms with Gasteiger partial charge in [0.15, 0.2) is 11.6 Å². The maximum atomic E-state index is 14.3. The van der Waals surface area contributed by atoms with E-state index in [4.69, 9.17) is 6.57 Å². The summed E-state index contributed by atoms with van der Waals surface area (Å²) in [6, 6.07) is 6.17. The summed E-state index contributed by atoms with van der Waals surface area (Å²) in [7, 11) is 1.35. The van der Waals surface area contributed by atoms with Crippen molar-refractivity contribution in [1.82, 2.24) is 10.5 Å². The number of aromatic nitrogens is 1. The van der Waals surface area contributed by atoms with E-state index in [1.54, 1.807) is 18.2 Å². The first-order valence-corrected chi connectivity index (χ1v) is 8.67. The summed E-state index contributed by atoms with van der Waals surface area (Å²) in [4.78, 5) is 24.2. The van der Waals surface area contributed by atoms with E-state index in [-0.39, 0.29) is 22.7 Å². The summed E-state index contributed by atoms with van der Waals surface area (Å²) >= 11 is 0. The lowest BCUT2D eigenvalue weighted by Gasteiger charge is -2.20. The van der Waals surface area contributed by atoms with Crippen molar-refractivity contribution in [1.29, 1.82) is 0 Å². The Labute approximate surface area is 164 Å². The third-order valence-corrected chi connectivity index (χ3v) is 3.81. The van der Waals surface area contributed by atoms with Crippen LogP contribution >= 0.6 is 0 Å². The molecule has 0 unspecified atom stereocenters. The van der Waals surface area contributed by atoms with Gasteiger partial charge in [-0.2, -0.15) is 0 Å². The Morgan fingerprint density at radius 3 is 2.61 bits per heavy atom. The standard InChI is InChI=1S/C20H24FN5O2/c1-12-7-8-13(19(27)26-28-6)9-15(12)24-18-16(22-5)10-14(21)17(25-18)23-11-20(2,3)4/h7-10H,11H2,1-4,6H3,(H,26,27)(H2,23,24,25). The summed E-state index contributed by atoms with van der Waals surface area (Å²) in [6.45, 7) is 15.7. The van der Waals surface area contributed by atoms with E-state index in [0.29, 0.717) is 17.8 Å². The molecule has 28 heavy (non-hydrogen) atoms. The summed E-state index contributed by atoms with van der Waals surface area (Å²) in [5.41, 5.74) is 4.01. The van der Waals surface area contributed by atoms with E-state index in [1.165, 1.54) is 7.11 Å². The molecular formula is C20H24FN5O2.